The van der Waals surface area contributed by atoms with Crippen molar-refractivity contribution in [1.29, 1.82) is 0 Å². The predicted octanol–water partition coefficient (Wildman–Crippen LogP) is 3.91. The van der Waals surface area contributed by atoms with Crippen LogP contribution in [0.15, 0.2) is 10.8 Å². The van der Waals surface area contributed by atoms with Gasteiger partial charge in [0.25, 0.3) is 0 Å². The average molecular weight is 319 g/mol. The van der Waals surface area contributed by atoms with Crippen LogP contribution < -0.4 is 4.90 Å². The molecule has 0 radical (unpaired) electrons. The van der Waals surface area contributed by atoms with Crippen LogP contribution in [0, 0.1) is 5.41 Å². The van der Waals surface area contributed by atoms with Crippen LogP contribution in [0.5, 0.6) is 0 Å². The smallest absolute Gasteiger partial charge is 0.148 e. The third kappa shape index (κ3) is 2.43. The van der Waals surface area contributed by atoms with Crippen molar-refractivity contribution >= 4 is 33.3 Å². The maximum Gasteiger partial charge on any atom is 0.148 e. The zero-order chi connectivity index (χ0) is 12.5. The Bertz CT molecular complexity index is 407. The van der Waals surface area contributed by atoms with Gasteiger partial charge in [0, 0.05) is 13.1 Å². The van der Waals surface area contributed by atoms with E-state index in [1.165, 1.54) is 25.6 Å². The largest absolute Gasteiger partial charge is 0.355 e. The maximum atomic E-state index is 6.01. The quantitative estimate of drug-likeness (QED) is 0.791. The monoisotopic (exact) mass is 317 g/mol. The van der Waals surface area contributed by atoms with Crippen molar-refractivity contribution in [3.05, 3.63) is 16.0 Å². The first-order chi connectivity index (χ1) is 8.12. The number of hydrogen-bond acceptors (Lipinski definition) is 3. The molecule has 1 aromatic heterocycles. The SMILES string of the molecule is CCC1(CC)CCN(c2ncnc(Cl)c2Br)C1. The van der Waals surface area contributed by atoms with Gasteiger partial charge in [0.1, 0.15) is 17.3 Å². The van der Waals surface area contributed by atoms with Gasteiger partial charge in [0.15, 0.2) is 0 Å². The molecule has 1 saturated heterocycles. The lowest BCUT2D eigenvalue weighted by Gasteiger charge is -2.27. The first-order valence-electron chi connectivity index (χ1n) is 6.03. The van der Waals surface area contributed by atoms with Gasteiger partial charge in [0.05, 0.1) is 4.47 Å². The van der Waals surface area contributed by atoms with Crippen molar-refractivity contribution in [2.45, 2.75) is 33.1 Å². The lowest BCUT2D eigenvalue weighted by molar-refractivity contribution is 0.301. The highest BCUT2D eigenvalue weighted by molar-refractivity contribution is 9.10. The van der Waals surface area contributed by atoms with E-state index < -0.39 is 0 Å². The second-order valence-electron chi connectivity index (χ2n) is 4.68. The Kier molecular flexibility index (Phi) is 3.93. The molecule has 3 nitrogen and oxygen atoms in total. The average Bonchev–Trinajstić information content (AvgIpc) is 2.78. The fourth-order valence-corrected chi connectivity index (χ4v) is 3.09. The molecule has 0 saturated carbocycles. The Morgan fingerprint density at radius 3 is 2.71 bits per heavy atom. The maximum absolute atomic E-state index is 6.01. The highest BCUT2D eigenvalue weighted by Crippen LogP contribution is 2.40. The van der Waals surface area contributed by atoms with Crippen LogP contribution in [0.2, 0.25) is 5.15 Å². The minimum Gasteiger partial charge on any atom is -0.355 e. The molecule has 0 atom stereocenters. The molecule has 0 amide bonds. The van der Waals surface area contributed by atoms with Crippen LogP contribution >= 0.6 is 27.5 Å². The van der Waals surface area contributed by atoms with Crippen LogP contribution in [0.1, 0.15) is 33.1 Å². The second kappa shape index (κ2) is 5.11. The lowest BCUT2D eigenvalue weighted by atomic mass is 9.82. The fraction of sp³-hybridized carbons (Fsp3) is 0.667. The molecule has 1 fully saturated rings. The van der Waals surface area contributed by atoms with E-state index in [1.54, 1.807) is 0 Å². The summed E-state index contributed by atoms with van der Waals surface area (Å²) in [5.41, 5.74) is 0.441. The van der Waals surface area contributed by atoms with Crippen LogP contribution in [0.3, 0.4) is 0 Å². The number of aromatic nitrogens is 2. The van der Waals surface area contributed by atoms with Crippen LogP contribution in [-0.4, -0.2) is 23.1 Å². The summed E-state index contributed by atoms with van der Waals surface area (Å²) in [4.78, 5) is 10.6. The Hall–Kier alpha value is -0.350. The van der Waals surface area contributed by atoms with Crippen molar-refractivity contribution in [2.75, 3.05) is 18.0 Å². The number of hydrogen-bond donors (Lipinski definition) is 0. The number of rotatable bonds is 3. The highest BCUT2D eigenvalue weighted by atomic mass is 79.9. The van der Waals surface area contributed by atoms with Crippen molar-refractivity contribution in [2.24, 2.45) is 5.41 Å². The third-order valence-electron chi connectivity index (χ3n) is 3.97. The molecular weight excluding hydrogens is 302 g/mol. The van der Waals surface area contributed by atoms with Crippen LogP contribution in [-0.2, 0) is 0 Å². The molecule has 0 aromatic carbocycles. The number of nitrogens with zero attached hydrogens (tertiary/aromatic N) is 3. The van der Waals surface area contributed by atoms with E-state index in [0.29, 0.717) is 10.6 Å². The van der Waals surface area contributed by atoms with Crippen LogP contribution in [0.25, 0.3) is 0 Å². The molecular formula is C12H17BrClN3. The summed E-state index contributed by atoms with van der Waals surface area (Å²) < 4.78 is 0.810. The summed E-state index contributed by atoms with van der Waals surface area (Å²) in [7, 11) is 0. The van der Waals surface area contributed by atoms with Gasteiger partial charge in [-0.2, -0.15) is 0 Å². The molecule has 94 valence electrons. The predicted molar refractivity (Wildman–Crippen MR) is 74.6 cm³/mol. The summed E-state index contributed by atoms with van der Waals surface area (Å²) in [5, 5.41) is 0.487. The molecule has 1 aromatic rings. The molecule has 0 bridgehead atoms. The molecule has 2 heterocycles. The van der Waals surface area contributed by atoms with Crippen molar-refractivity contribution < 1.29 is 0 Å². The fourth-order valence-electron chi connectivity index (χ4n) is 2.50. The van der Waals surface area contributed by atoms with Gasteiger partial charge >= 0.3 is 0 Å². The summed E-state index contributed by atoms with van der Waals surface area (Å²) in [6.45, 7) is 6.66. The van der Waals surface area contributed by atoms with Gasteiger partial charge in [-0.15, -0.1) is 0 Å². The molecule has 1 aliphatic rings. The van der Waals surface area contributed by atoms with Gasteiger partial charge in [-0.25, -0.2) is 9.97 Å². The van der Waals surface area contributed by atoms with E-state index in [2.05, 4.69) is 44.6 Å². The molecule has 1 aliphatic heterocycles. The molecule has 0 aliphatic carbocycles. The molecule has 17 heavy (non-hydrogen) atoms. The minimum atomic E-state index is 0.441. The van der Waals surface area contributed by atoms with Gasteiger partial charge < -0.3 is 4.90 Å². The summed E-state index contributed by atoms with van der Waals surface area (Å²) in [6, 6.07) is 0. The highest BCUT2D eigenvalue weighted by Gasteiger charge is 2.36. The van der Waals surface area contributed by atoms with E-state index >= 15 is 0 Å². The minimum absolute atomic E-state index is 0.441. The second-order valence-corrected chi connectivity index (χ2v) is 5.83. The summed E-state index contributed by atoms with van der Waals surface area (Å²) in [5.74, 6) is 0.925. The summed E-state index contributed by atoms with van der Waals surface area (Å²) in [6.07, 6.45) is 5.20. The first-order valence-corrected chi connectivity index (χ1v) is 7.20. The zero-order valence-electron chi connectivity index (χ0n) is 10.2. The summed E-state index contributed by atoms with van der Waals surface area (Å²) >= 11 is 9.48. The Balaban J connectivity index is 2.23. The van der Waals surface area contributed by atoms with E-state index in [-0.39, 0.29) is 0 Å². The van der Waals surface area contributed by atoms with Gasteiger partial charge in [-0.1, -0.05) is 25.4 Å². The first kappa shape index (κ1) is 13.1. The third-order valence-corrected chi connectivity index (χ3v) is 5.21. The molecule has 2 rings (SSSR count). The lowest BCUT2D eigenvalue weighted by Crippen LogP contribution is -2.27. The van der Waals surface area contributed by atoms with E-state index in [1.807, 2.05) is 0 Å². The van der Waals surface area contributed by atoms with Gasteiger partial charge in [-0.3, -0.25) is 0 Å². The molecule has 5 heteroatoms. The standard InChI is InChI=1S/C12H17BrClN3/c1-3-12(4-2)5-6-17(7-12)11-9(13)10(14)15-8-16-11/h8H,3-7H2,1-2H3. The Morgan fingerprint density at radius 1 is 1.41 bits per heavy atom. The number of halogens is 2. The molecule has 0 unspecified atom stereocenters. The van der Waals surface area contributed by atoms with Crippen molar-refractivity contribution in [3.63, 3.8) is 0 Å². The van der Waals surface area contributed by atoms with Crippen LogP contribution in [0.4, 0.5) is 5.82 Å². The molecule has 0 N–H and O–H groups in total. The van der Waals surface area contributed by atoms with Crippen molar-refractivity contribution in [3.8, 4) is 0 Å². The van der Waals surface area contributed by atoms with Gasteiger partial charge in [-0.05, 0) is 40.6 Å². The van der Waals surface area contributed by atoms with E-state index in [4.69, 9.17) is 11.6 Å². The number of anilines is 1. The van der Waals surface area contributed by atoms with Gasteiger partial charge in [0.2, 0.25) is 0 Å². The van der Waals surface area contributed by atoms with Crippen molar-refractivity contribution in [1.82, 2.24) is 9.97 Å². The topological polar surface area (TPSA) is 29.0 Å². The zero-order valence-corrected chi connectivity index (χ0v) is 12.6. The molecule has 0 spiro atoms. The Morgan fingerprint density at radius 2 is 2.12 bits per heavy atom. The van der Waals surface area contributed by atoms with E-state index in [0.717, 1.165) is 23.4 Å². The normalized spacial score (nSPS) is 18.7. The van der Waals surface area contributed by atoms with E-state index in [9.17, 15) is 0 Å². The Labute approximate surface area is 116 Å².